The Bertz CT molecular complexity index is 983. The van der Waals surface area contributed by atoms with E-state index < -0.39 is 10.1 Å². The van der Waals surface area contributed by atoms with Crippen molar-refractivity contribution >= 4 is 21.7 Å². The van der Waals surface area contributed by atoms with E-state index in [1.807, 2.05) is 7.05 Å². The molecule has 0 aliphatic heterocycles. The third kappa shape index (κ3) is 10.6. The maximum atomic E-state index is 12.6. The lowest BCUT2D eigenvalue weighted by Crippen LogP contribution is -2.25. The third-order valence-electron chi connectivity index (χ3n) is 5.51. The molecule has 1 heterocycles. The van der Waals surface area contributed by atoms with E-state index in [9.17, 15) is 9.59 Å². The number of unbranched alkanes of at least 4 members (excludes halogenated alkanes) is 7. The Morgan fingerprint density at radius 1 is 0.912 bits per heavy atom. The second-order valence-corrected chi connectivity index (χ2v) is 9.84. The summed E-state index contributed by atoms with van der Waals surface area (Å²) in [6.07, 6.45) is 16.9. The van der Waals surface area contributed by atoms with Gasteiger partial charge in [0.05, 0.1) is 37.9 Å². The molecule has 10 heteroatoms. The SMILES string of the molecule is COC1=C(OC)C(=O)C(CCCCCCCCCCn2cc[n+](C)c2)=C(C)C1=O.CS(=O)(=O)[O-]. The van der Waals surface area contributed by atoms with Crippen molar-refractivity contribution in [1.29, 1.82) is 0 Å². The average molecular weight is 499 g/mol. The largest absolute Gasteiger partial charge is 0.748 e. The Hall–Kier alpha value is -2.46. The van der Waals surface area contributed by atoms with Gasteiger partial charge in [0.25, 0.3) is 0 Å². The van der Waals surface area contributed by atoms with Crippen LogP contribution < -0.4 is 4.57 Å². The number of aromatic nitrogens is 2. The summed E-state index contributed by atoms with van der Waals surface area (Å²) >= 11 is 0. The summed E-state index contributed by atoms with van der Waals surface area (Å²) in [6.45, 7) is 2.79. The molecule has 0 N–H and O–H groups in total. The van der Waals surface area contributed by atoms with Gasteiger partial charge < -0.3 is 14.0 Å². The Labute approximate surface area is 203 Å². The van der Waals surface area contributed by atoms with Gasteiger partial charge in [0, 0.05) is 17.4 Å². The summed E-state index contributed by atoms with van der Waals surface area (Å²) < 4.78 is 41.7. The maximum absolute atomic E-state index is 12.6. The molecular formula is C24H38N2O7S. The first kappa shape index (κ1) is 29.6. The molecule has 1 aliphatic carbocycles. The summed E-state index contributed by atoms with van der Waals surface area (Å²) in [5, 5.41) is 0. The number of allylic oxidation sites excluding steroid dienone is 2. The maximum Gasteiger partial charge on any atom is 0.243 e. The molecule has 0 saturated heterocycles. The molecule has 9 nitrogen and oxygen atoms in total. The van der Waals surface area contributed by atoms with Gasteiger partial charge in [-0.1, -0.05) is 32.1 Å². The Kier molecular flexibility index (Phi) is 12.8. The number of carbonyl (C=O) groups is 2. The normalized spacial score (nSPS) is 14.3. The van der Waals surface area contributed by atoms with Crippen LogP contribution in [0.5, 0.6) is 0 Å². The fourth-order valence-corrected chi connectivity index (χ4v) is 3.78. The van der Waals surface area contributed by atoms with Crippen LogP contribution in [0.3, 0.4) is 0 Å². The lowest BCUT2D eigenvalue weighted by molar-refractivity contribution is -0.671. The molecule has 0 fully saturated rings. The zero-order valence-corrected chi connectivity index (χ0v) is 21.8. The quantitative estimate of drug-likeness (QED) is 0.177. The number of imidazole rings is 1. The molecule has 192 valence electrons. The number of Topliss-reactive ketones (excluding diaryl/α,β-unsaturated/α-hetero) is 2. The predicted molar refractivity (Wildman–Crippen MR) is 127 cm³/mol. The van der Waals surface area contributed by atoms with Gasteiger partial charge >= 0.3 is 0 Å². The molecule has 0 saturated carbocycles. The third-order valence-corrected chi connectivity index (χ3v) is 5.51. The molecule has 1 aromatic heterocycles. The van der Waals surface area contributed by atoms with E-state index in [-0.39, 0.29) is 23.1 Å². The van der Waals surface area contributed by atoms with E-state index in [4.69, 9.17) is 22.4 Å². The minimum absolute atomic E-state index is 0.0180. The molecule has 34 heavy (non-hydrogen) atoms. The van der Waals surface area contributed by atoms with Gasteiger partial charge in [0.2, 0.25) is 29.4 Å². The molecule has 0 amide bonds. The number of hydrogen-bond acceptors (Lipinski definition) is 7. The van der Waals surface area contributed by atoms with Gasteiger partial charge in [-0.25, -0.2) is 17.6 Å². The Morgan fingerprint density at radius 3 is 1.85 bits per heavy atom. The first-order valence-corrected chi connectivity index (χ1v) is 13.3. The number of nitrogens with zero attached hydrogens (tertiary/aromatic N) is 2. The lowest BCUT2D eigenvalue weighted by Gasteiger charge is -2.20. The summed E-state index contributed by atoms with van der Waals surface area (Å²) in [5.41, 5.74) is 1.06. The van der Waals surface area contributed by atoms with Crippen LogP contribution in [-0.2, 0) is 42.8 Å². The van der Waals surface area contributed by atoms with Crippen molar-refractivity contribution in [2.75, 3.05) is 20.5 Å². The highest BCUT2D eigenvalue weighted by Gasteiger charge is 2.34. The molecule has 0 aromatic carbocycles. The van der Waals surface area contributed by atoms with Gasteiger partial charge in [-0.05, 0) is 32.6 Å². The number of ketones is 2. The van der Waals surface area contributed by atoms with Crippen LogP contribution in [0.2, 0.25) is 0 Å². The highest BCUT2D eigenvalue weighted by molar-refractivity contribution is 7.84. The van der Waals surface area contributed by atoms with E-state index in [0.29, 0.717) is 23.8 Å². The van der Waals surface area contributed by atoms with Crippen LogP contribution in [0.4, 0.5) is 0 Å². The van der Waals surface area contributed by atoms with E-state index >= 15 is 0 Å². The topological polar surface area (TPSA) is 119 Å². The molecule has 1 aliphatic rings. The molecular weight excluding hydrogens is 460 g/mol. The fourth-order valence-electron chi connectivity index (χ4n) is 3.78. The van der Waals surface area contributed by atoms with Gasteiger partial charge in [-0.3, -0.25) is 9.59 Å². The molecule has 2 rings (SSSR count). The van der Waals surface area contributed by atoms with Gasteiger partial charge in [0.1, 0.15) is 12.4 Å². The minimum Gasteiger partial charge on any atom is -0.748 e. The van der Waals surface area contributed by atoms with Crippen molar-refractivity contribution in [3.63, 3.8) is 0 Å². The number of hydrogen-bond donors (Lipinski definition) is 0. The van der Waals surface area contributed by atoms with Crippen molar-refractivity contribution in [3.05, 3.63) is 41.4 Å². The zero-order valence-electron chi connectivity index (χ0n) is 21.0. The number of ether oxygens (including phenoxy) is 2. The van der Waals surface area contributed by atoms with Crippen molar-refractivity contribution in [1.82, 2.24) is 4.57 Å². The number of rotatable bonds is 13. The highest BCUT2D eigenvalue weighted by Crippen LogP contribution is 2.28. The lowest BCUT2D eigenvalue weighted by atomic mass is 9.89. The van der Waals surface area contributed by atoms with Crippen LogP contribution in [0.15, 0.2) is 41.4 Å². The fraction of sp³-hybridized carbons (Fsp3) is 0.625. The first-order valence-electron chi connectivity index (χ1n) is 11.5. The van der Waals surface area contributed by atoms with Crippen LogP contribution in [0, 0.1) is 0 Å². The second-order valence-electron chi connectivity index (χ2n) is 8.43. The highest BCUT2D eigenvalue weighted by atomic mass is 32.2. The van der Waals surface area contributed by atoms with Crippen LogP contribution in [-0.4, -0.2) is 49.6 Å². The summed E-state index contributed by atoms with van der Waals surface area (Å²) in [7, 11) is 0.912. The molecule has 1 aromatic rings. The zero-order chi connectivity index (χ0) is 25.7. The van der Waals surface area contributed by atoms with E-state index in [0.717, 1.165) is 25.8 Å². The van der Waals surface area contributed by atoms with Crippen molar-refractivity contribution < 1.29 is 36.6 Å². The number of methoxy groups -OCH3 is 2. The van der Waals surface area contributed by atoms with Gasteiger partial charge in [-0.15, -0.1) is 0 Å². The van der Waals surface area contributed by atoms with Crippen LogP contribution >= 0.6 is 0 Å². The molecule has 0 atom stereocenters. The molecule has 0 bridgehead atoms. The Morgan fingerprint density at radius 2 is 1.38 bits per heavy atom. The number of carbonyl (C=O) groups excluding carboxylic acids is 2. The minimum atomic E-state index is -3.92. The Balaban J connectivity index is 0.00000104. The van der Waals surface area contributed by atoms with E-state index in [1.54, 1.807) is 6.92 Å². The average Bonchev–Trinajstić information content (AvgIpc) is 3.17. The van der Waals surface area contributed by atoms with Crippen LogP contribution in [0.25, 0.3) is 0 Å². The number of aryl methyl sites for hydroxylation is 2. The summed E-state index contributed by atoms with van der Waals surface area (Å²) in [4.78, 5) is 24.9. The predicted octanol–water partition coefficient (Wildman–Crippen LogP) is 2.96. The van der Waals surface area contributed by atoms with E-state index in [1.165, 1.54) is 46.3 Å². The van der Waals surface area contributed by atoms with Crippen molar-refractivity contribution in [2.45, 2.75) is 71.3 Å². The molecule has 0 unspecified atom stereocenters. The van der Waals surface area contributed by atoms with Gasteiger partial charge in [0.15, 0.2) is 0 Å². The molecule has 0 spiro atoms. The first-order chi connectivity index (χ1) is 16.0. The molecule has 0 radical (unpaired) electrons. The van der Waals surface area contributed by atoms with E-state index in [2.05, 4.69) is 27.9 Å². The summed E-state index contributed by atoms with van der Waals surface area (Å²) in [6, 6.07) is 0. The smallest absolute Gasteiger partial charge is 0.243 e. The summed E-state index contributed by atoms with van der Waals surface area (Å²) in [5.74, 6) is -0.401. The second kappa shape index (κ2) is 14.7. The van der Waals surface area contributed by atoms with Crippen LogP contribution in [0.1, 0.15) is 64.7 Å². The monoisotopic (exact) mass is 498 g/mol. The van der Waals surface area contributed by atoms with Crippen molar-refractivity contribution in [3.8, 4) is 0 Å². The standard InChI is InChI=1S/C23H35N2O4.CH4O3S/c1-18-19(21(27)23(29-4)22(28-3)20(18)26)13-11-9-7-5-6-8-10-12-14-25-16-15-24(2)17-25;1-5(2,3)4/h15-17H,5-14H2,1-4H3;1H3,(H,2,3,4)/q+1;/p-1. The van der Waals surface area contributed by atoms with Gasteiger partial charge in [-0.2, -0.15) is 0 Å². The van der Waals surface area contributed by atoms with Crippen molar-refractivity contribution in [2.24, 2.45) is 7.05 Å².